The van der Waals surface area contributed by atoms with Gasteiger partial charge in [-0.3, -0.25) is 0 Å². The van der Waals surface area contributed by atoms with E-state index in [1.54, 1.807) is 6.33 Å². The summed E-state index contributed by atoms with van der Waals surface area (Å²) in [5, 5.41) is 3.60. The number of rotatable bonds is 4. The van der Waals surface area contributed by atoms with E-state index in [1.165, 1.54) is 25.7 Å². The Morgan fingerprint density at radius 1 is 1.37 bits per heavy atom. The molecule has 0 spiro atoms. The zero-order valence-electron chi connectivity index (χ0n) is 11.9. The van der Waals surface area contributed by atoms with Gasteiger partial charge in [0.25, 0.3) is 0 Å². The molecule has 2 bridgehead atoms. The van der Waals surface area contributed by atoms with Crippen molar-refractivity contribution in [2.75, 3.05) is 11.1 Å². The molecule has 19 heavy (non-hydrogen) atoms. The zero-order chi connectivity index (χ0) is 13.4. The highest BCUT2D eigenvalue weighted by Crippen LogP contribution is 2.49. The average molecular weight is 260 g/mol. The van der Waals surface area contributed by atoms with Gasteiger partial charge in [0.05, 0.1) is 0 Å². The highest BCUT2D eigenvalue weighted by Gasteiger charge is 2.41. The first kappa shape index (κ1) is 12.7. The number of nitrogens with two attached hydrogens (primary N) is 1. The van der Waals surface area contributed by atoms with Crippen LogP contribution in [-0.4, -0.2) is 16.0 Å². The molecule has 3 N–H and O–H groups in total. The summed E-state index contributed by atoms with van der Waals surface area (Å²) in [5.41, 5.74) is 6.98. The number of fused-ring (bicyclic) bond motifs is 2. The van der Waals surface area contributed by atoms with Gasteiger partial charge in [0.1, 0.15) is 18.0 Å². The van der Waals surface area contributed by atoms with Crippen molar-refractivity contribution in [3.63, 3.8) is 0 Å². The first-order valence-electron chi connectivity index (χ1n) is 7.55. The summed E-state index contributed by atoms with van der Waals surface area (Å²) in [5.74, 6) is 4.27. The smallest absolute Gasteiger partial charge is 0.134 e. The second-order valence-electron chi connectivity index (χ2n) is 6.21. The molecule has 0 radical (unpaired) electrons. The highest BCUT2D eigenvalue weighted by atomic mass is 15.1. The maximum absolute atomic E-state index is 5.93. The first-order valence-corrected chi connectivity index (χ1v) is 7.55. The van der Waals surface area contributed by atoms with Gasteiger partial charge in [-0.15, -0.1) is 0 Å². The molecule has 0 aliphatic heterocycles. The molecule has 2 saturated carbocycles. The minimum Gasteiger partial charge on any atom is -0.383 e. The average Bonchev–Trinajstić information content (AvgIpc) is 3.01. The van der Waals surface area contributed by atoms with Gasteiger partial charge in [-0.1, -0.05) is 13.3 Å². The molecule has 1 aromatic heterocycles. The number of nitrogens with one attached hydrogen (secondary N) is 1. The fraction of sp³-hybridized carbons (Fsp3) is 0.733. The molecule has 0 amide bonds. The van der Waals surface area contributed by atoms with Crippen molar-refractivity contribution in [3.8, 4) is 0 Å². The molecule has 4 atom stereocenters. The van der Waals surface area contributed by atoms with Gasteiger partial charge in [0, 0.05) is 11.6 Å². The van der Waals surface area contributed by atoms with Crippen LogP contribution in [0.5, 0.6) is 0 Å². The van der Waals surface area contributed by atoms with Crippen LogP contribution in [0.25, 0.3) is 0 Å². The Hall–Kier alpha value is -1.32. The lowest BCUT2D eigenvalue weighted by molar-refractivity contribution is 0.304. The quantitative estimate of drug-likeness (QED) is 0.873. The van der Waals surface area contributed by atoms with Crippen LogP contribution in [-0.2, 0) is 6.42 Å². The minimum absolute atomic E-state index is 0.481. The monoisotopic (exact) mass is 260 g/mol. The van der Waals surface area contributed by atoms with Crippen LogP contribution in [0.1, 0.15) is 45.1 Å². The summed E-state index contributed by atoms with van der Waals surface area (Å²) >= 11 is 0. The summed E-state index contributed by atoms with van der Waals surface area (Å²) in [6, 6.07) is 0.481. The molecule has 0 saturated heterocycles. The van der Waals surface area contributed by atoms with Crippen molar-refractivity contribution in [1.82, 2.24) is 9.97 Å². The molecule has 1 heterocycles. The lowest BCUT2D eigenvalue weighted by Crippen LogP contribution is -2.30. The summed E-state index contributed by atoms with van der Waals surface area (Å²) in [4.78, 5) is 8.46. The summed E-state index contributed by atoms with van der Waals surface area (Å²) in [7, 11) is 0. The van der Waals surface area contributed by atoms with Gasteiger partial charge in [-0.2, -0.15) is 0 Å². The Balaban J connectivity index is 1.73. The van der Waals surface area contributed by atoms with E-state index in [9.17, 15) is 0 Å². The molecule has 3 rings (SSSR count). The third-order valence-corrected chi connectivity index (χ3v) is 5.13. The van der Waals surface area contributed by atoms with E-state index in [1.807, 2.05) is 0 Å². The van der Waals surface area contributed by atoms with Gasteiger partial charge in [-0.25, -0.2) is 9.97 Å². The fourth-order valence-corrected chi connectivity index (χ4v) is 4.13. The largest absolute Gasteiger partial charge is 0.383 e. The summed E-state index contributed by atoms with van der Waals surface area (Å²) in [6.07, 6.45) is 8.15. The molecule has 2 aliphatic carbocycles. The second-order valence-corrected chi connectivity index (χ2v) is 6.21. The Bertz CT molecular complexity index is 459. The Morgan fingerprint density at radius 3 is 2.84 bits per heavy atom. The molecule has 2 aliphatic rings. The maximum Gasteiger partial charge on any atom is 0.134 e. The van der Waals surface area contributed by atoms with E-state index in [0.29, 0.717) is 11.9 Å². The van der Waals surface area contributed by atoms with Crippen molar-refractivity contribution in [3.05, 3.63) is 11.9 Å². The molecule has 4 unspecified atom stereocenters. The zero-order valence-corrected chi connectivity index (χ0v) is 11.9. The van der Waals surface area contributed by atoms with Crippen molar-refractivity contribution in [2.24, 2.45) is 17.8 Å². The van der Waals surface area contributed by atoms with Crippen molar-refractivity contribution in [2.45, 2.75) is 52.0 Å². The molecular weight excluding hydrogens is 236 g/mol. The van der Waals surface area contributed by atoms with Crippen LogP contribution in [0.4, 0.5) is 11.6 Å². The SMILES string of the molecule is CCc1c(N)ncnc1NC(C)C1CC2CCC1C2. The van der Waals surface area contributed by atoms with Gasteiger partial charge in [0.15, 0.2) is 0 Å². The van der Waals surface area contributed by atoms with Gasteiger partial charge in [-0.05, 0) is 50.4 Å². The molecule has 0 aromatic carbocycles. The number of nitrogen functional groups attached to an aromatic ring is 1. The van der Waals surface area contributed by atoms with E-state index in [2.05, 4.69) is 29.1 Å². The summed E-state index contributed by atoms with van der Waals surface area (Å²) < 4.78 is 0. The molecule has 4 nitrogen and oxygen atoms in total. The van der Waals surface area contributed by atoms with Gasteiger partial charge < -0.3 is 11.1 Å². The maximum atomic E-state index is 5.93. The van der Waals surface area contributed by atoms with E-state index >= 15 is 0 Å². The Morgan fingerprint density at radius 2 is 2.21 bits per heavy atom. The van der Waals surface area contributed by atoms with Crippen LogP contribution in [0, 0.1) is 17.8 Å². The van der Waals surface area contributed by atoms with Crippen LogP contribution < -0.4 is 11.1 Å². The molecule has 2 fully saturated rings. The molecule has 104 valence electrons. The molecular formula is C15H24N4. The lowest BCUT2D eigenvalue weighted by atomic mass is 9.84. The van der Waals surface area contributed by atoms with Gasteiger partial charge >= 0.3 is 0 Å². The number of aromatic nitrogens is 2. The molecule has 4 heteroatoms. The lowest BCUT2D eigenvalue weighted by Gasteiger charge is -2.29. The van der Waals surface area contributed by atoms with Crippen LogP contribution in [0.15, 0.2) is 6.33 Å². The number of hydrogen-bond acceptors (Lipinski definition) is 4. The predicted octanol–water partition coefficient (Wildman–Crippen LogP) is 2.86. The topological polar surface area (TPSA) is 63.8 Å². The third kappa shape index (κ3) is 2.28. The van der Waals surface area contributed by atoms with Crippen LogP contribution >= 0.6 is 0 Å². The third-order valence-electron chi connectivity index (χ3n) is 5.13. The van der Waals surface area contributed by atoms with Gasteiger partial charge in [0.2, 0.25) is 0 Å². The summed E-state index contributed by atoms with van der Waals surface area (Å²) in [6.45, 7) is 4.39. The van der Waals surface area contributed by atoms with E-state index < -0.39 is 0 Å². The van der Waals surface area contributed by atoms with E-state index in [-0.39, 0.29) is 0 Å². The van der Waals surface area contributed by atoms with Crippen molar-refractivity contribution >= 4 is 11.6 Å². The predicted molar refractivity (Wildman–Crippen MR) is 77.8 cm³/mol. The van der Waals surface area contributed by atoms with Crippen molar-refractivity contribution < 1.29 is 0 Å². The Labute approximate surface area is 115 Å². The number of anilines is 2. The standard InChI is InChI=1S/C15H24N4/c1-3-12-14(16)17-8-18-15(12)19-9(2)13-7-10-4-5-11(13)6-10/h8-11,13H,3-7H2,1-2H3,(H3,16,17,18,19). The number of nitrogens with zero attached hydrogens (tertiary/aromatic N) is 2. The minimum atomic E-state index is 0.481. The molecule has 1 aromatic rings. The fourth-order valence-electron chi connectivity index (χ4n) is 4.13. The van der Waals surface area contributed by atoms with Crippen LogP contribution in [0.3, 0.4) is 0 Å². The highest BCUT2D eigenvalue weighted by molar-refractivity contribution is 5.55. The van der Waals surface area contributed by atoms with E-state index in [4.69, 9.17) is 5.73 Å². The first-order chi connectivity index (χ1) is 9.19. The van der Waals surface area contributed by atoms with Crippen molar-refractivity contribution in [1.29, 1.82) is 0 Å². The Kier molecular flexibility index (Phi) is 3.33. The van der Waals surface area contributed by atoms with Crippen LogP contribution in [0.2, 0.25) is 0 Å². The number of hydrogen-bond donors (Lipinski definition) is 2. The normalized spacial score (nSPS) is 30.5. The van der Waals surface area contributed by atoms with E-state index in [0.717, 1.165) is 35.6 Å². The second kappa shape index (κ2) is 4.99.